The Kier molecular flexibility index (Phi) is 5.64. The number of hydrogen-bond acceptors (Lipinski definition) is 5. The summed E-state index contributed by atoms with van der Waals surface area (Å²) in [5.74, 6) is 1.45. The lowest BCUT2D eigenvalue weighted by Gasteiger charge is -2.37. The highest BCUT2D eigenvalue weighted by Crippen LogP contribution is 2.19. The highest BCUT2D eigenvalue weighted by atomic mass is 32.2. The lowest BCUT2D eigenvalue weighted by atomic mass is 10.2. The maximum Gasteiger partial charge on any atom is 0.226 e. The first kappa shape index (κ1) is 18.2. The van der Waals surface area contributed by atoms with Crippen molar-refractivity contribution in [3.63, 3.8) is 0 Å². The second-order valence-electron chi connectivity index (χ2n) is 6.89. The molecule has 1 aromatic rings. The number of sulfone groups is 1. The van der Waals surface area contributed by atoms with Gasteiger partial charge in [0.25, 0.3) is 0 Å². The van der Waals surface area contributed by atoms with Crippen molar-refractivity contribution < 1.29 is 17.9 Å². The molecule has 0 aromatic heterocycles. The molecule has 0 aliphatic carbocycles. The van der Waals surface area contributed by atoms with Crippen LogP contribution in [0.15, 0.2) is 24.3 Å². The summed E-state index contributed by atoms with van der Waals surface area (Å²) < 4.78 is 28.8. The van der Waals surface area contributed by atoms with Crippen LogP contribution >= 0.6 is 0 Å². The lowest BCUT2D eigenvalue weighted by Crippen LogP contribution is -2.52. The number of carbonyl (C=O) groups is 1. The smallest absolute Gasteiger partial charge is 0.226 e. The molecule has 0 bridgehead atoms. The third-order valence-electron chi connectivity index (χ3n) is 5.00. The van der Waals surface area contributed by atoms with Crippen LogP contribution in [0, 0.1) is 6.92 Å². The quantitative estimate of drug-likeness (QED) is 0.781. The van der Waals surface area contributed by atoms with Crippen LogP contribution < -0.4 is 4.74 Å². The Bertz CT molecular complexity index is 694. The maximum absolute atomic E-state index is 12.3. The van der Waals surface area contributed by atoms with Gasteiger partial charge in [-0.25, -0.2) is 8.42 Å². The van der Waals surface area contributed by atoms with E-state index < -0.39 is 9.84 Å². The predicted octanol–water partition coefficient (Wildman–Crippen LogP) is 1.10. The molecule has 25 heavy (non-hydrogen) atoms. The fourth-order valence-electron chi connectivity index (χ4n) is 3.45. The van der Waals surface area contributed by atoms with Gasteiger partial charge < -0.3 is 9.64 Å². The molecule has 7 heteroatoms. The molecule has 3 rings (SSSR count). The first-order valence-corrected chi connectivity index (χ1v) is 10.7. The van der Waals surface area contributed by atoms with Gasteiger partial charge in [-0.15, -0.1) is 0 Å². The van der Waals surface area contributed by atoms with E-state index in [-0.39, 0.29) is 17.7 Å². The minimum Gasteiger partial charge on any atom is -0.493 e. The summed E-state index contributed by atoms with van der Waals surface area (Å²) in [5, 5.41) is 0. The van der Waals surface area contributed by atoms with Gasteiger partial charge in [-0.2, -0.15) is 0 Å². The Morgan fingerprint density at radius 1 is 1.16 bits per heavy atom. The number of nitrogens with zero attached hydrogens (tertiary/aromatic N) is 2. The molecule has 2 aliphatic rings. The number of hydrogen-bond donors (Lipinski definition) is 0. The maximum atomic E-state index is 12.3. The van der Waals surface area contributed by atoms with Crippen molar-refractivity contribution >= 4 is 15.7 Å². The molecule has 138 valence electrons. The van der Waals surface area contributed by atoms with Crippen molar-refractivity contribution in [2.75, 3.05) is 44.3 Å². The van der Waals surface area contributed by atoms with E-state index in [4.69, 9.17) is 4.74 Å². The lowest BCUT2D eigenvalue weighted by molar-refractivity contribution is -0.133. The zero-order valence-corrected chi connectivity index (χ0v) is 15.5. The summed E-state index contributed by atoms with van der Waals surface area (Å²) in [6.07, 6.45) is 1.09. The largest absolute Gasteiger partial charge is 0.493 e. The van der Waals surface area contributed by atoms with Gasteiger partial charge >= 0.3 is 0 Å². The normalized spacial score (nSPS) is 23.6. The second kappa shape index (κ2) is 7.74. The minimum atomic E-state index is -2.85. The van der Waals surface area contributed by atoms with Gasteiger partial charge in [0.15, 0.2) is 9.84 Å². The highest BCUT2D eigenvalue weighted by molar-refractivity contribution is 7.91. The molecule has 0 spiro atoms. The van der Waals surface area contributed by atoms with Crippen molar-refractivity contribution in [2.24, 2.45) is 0 Å². The number of rotatable bonds is 5. The van der Waals surface area contributed by atoms with Crippen molar-refractivity contribution in [1.29, 1.82) is 0 Å². The molecule has 2 fully saturated rings. The molecule has 1 unspecified atom stereocenters. The van der Waals surface area contributed by atoms with E-state index in [2.05, 4.69) is 4.90 Å². The van der Waals surface area contributed by atoms with Gasteiger partial charge in [0.1, 0.15) is 5.75 Å². The number of piperazine rings is 1. The Labute approximate surface area is 149 Å². The summed E-state index contributed by atoms with van der Waals surface area (Å²) in [7, 11) is -2.85. The first-order valence-electron chi connectivity index (χ1n) is 8.85. The fourth-order valence-corrected chi connectivity index (χ4v) is 5.21. The zero-order chi connectivity index (χ0) is 17.9. The molecule has 2 heterocycles. The van der Waals surface area contributed by atoms with E-state index in [1.54, 1.807) is 0 Å². The summed E-state index contributed by atoms with van der Waals surface area (Å²) in [6, 6.07) is 7.92. The van der Waals surface area contributed by atoms with E-state index >= 15 is 0 Å². The number of aryl methyl sites for hydroxylation is 1. The second-order valence-corrected chi connectivity index (χ2v) is 9.11. The van der Waals surface area contributed by atoms with Crippen LogP contribution in [0.2, 0.25) is 0 Å². The zero-order valence-electron chi connectivity index (χ0n) is 14.7. The molecule has 0 N–H and O–H groups in total. The predicted molar refractivity (Wildman–Crippen MR) is 96.5 cm³/mol. The van der Waals surface area contributed by atoms with Crippen molar-refractivity contribution in [2.45, 2.75) is 25.8 Å². The van der Waals surface area contributed by atoms with Crippen LogP contribution in [0.1, 0.15) is 18.4 Å². The SMILES string of the molecule is Cc1ccc(OCCC(=O)N2CCN(C3CCS(=O)(=O)C3)CC2)cc1. The van der Waals surface area contributed by atoms with Crippen LogP contribution in [0.25, 0.3) is 0 Å². The van der Waals surface area contributed by atoms with Crippen LogP contribution in [-0.4, -0.2) is 74.5 Å². The van der Waals surface area contributed by atoms with E-state index in [9.17, 15) is 13.2 Å². The molecule has 1 amide bonds. The van der Waals surface area contributed by atoms with Crippen molar-refractivity contribution in [3.05, 3.63) is 29.8 Å². The average Bonchev–Trinajstić information content (AvgIpc) is 2.97. The highest BCUT2D eigenvalue weighted by Gasteiger charge is 2.34. The first-order chi connectivity index (χ1) is 11.9. The Hall–Kier alpha value is -1.60. The summed E-state index contributed by atoms with van der Waals surface area (Å²) in [6.45, 7) is 5.24. The number of carbonyl (C=O) groups excluding carboxylic acids is 1. The topological polar surface area (TPSA) is 66.9 Å². The van der Waals surface area contributed by atoms with Crippen molar-refractivity contribution in [3.8, 4) is 5.75 Å². The Morgan fingerprint density at radius 2 is 1.84 bits per heavy atom. The minimum absolute atomic E-state index is 0.103. The fraction of sp³-hybridized carbons (Fsp3) is 0.611. The number of amides is 1. The van der Waals surface area contributed by atoms with Gasteiger partial charge in [0.05, 0.1) is 24.5 Å². The molecule has 1 aromatic carbocycles. The molecule has 2 saturated heterocycles. The van der Waals surface area contributed by atoms with E-state index in [1.807, 2.05) is 36.1 Å². The molecule has 0 radical (unpaired) electrons. The van der Waals surface area contributed by atoms with Gasteiger partial charge in [-0.3, -0.25) is 9.69 Å². The molecular weight excluding hydrogens is 340 g/mol. The third kappa shape index (κ3) is 4.95. The summed E-state index contributed by atoms with van der Waals surface area (Å²) in [5.41, 5.74) is 1.18. The summed E-state index contributed by atoms with van der Waals surface area (Å²) in [4.78, 5) is 16.4. The van der Waals surface area contributed by atoms with Gasteiger partial charge in [-0.1, -0.05) is 17.7 Å². The number of benzene rings is 1. The monoisotopic (exact) mass is 366 g/mol. The van der Waals surface area contributed by atoms with E-state index in [0.717, 1.165) is 25.3 Å². The van der Waals surface area contributed by atoms with Gasteiger partial charge in [0, 0.05) is 32.2 Å². The summed E-state index contributed by atoms with van der Waals surface area (Å²) >= 11 is 0. The molecule has 6 nitrogen and oxygen atoms in total. The third-order valence-corrected chi connectivity index (χ3v) is 6.75. The Balaban J connectivity index is 1.39. The van der Waals surface area contributed by atoms with Gasteiger partial charge in [0.2, 0.25) is 5.91 Å². The van der Waals surface area contributed by atoms with E-state index in [1.165, 1.54) is 5.56 Å². The molecule has 1 atom stereocenters. The van der Waals surface area contributed by atoms with Crippen LogP contribution in [0.4, 0.5) is 0 Å². The molecule has 0 saturated carbocycles. The van der Waals surface area contributed by atoms with Gasteiger partial charge in [-0.05, 0) is 25.5 Å². The average molecular weight is 366 g/mol. The Morgan fingerprint density at radius 3 is 2.44 bits per heavy atom. The standard InChI is InChI=1S/C18H26N2O4S/c1-15-2-4-17(5-3-15)24-12-6-18(21)20-10-8-19(9-11-20)16-7-13-25(22,23)14-16/h2-5,16H,6-14H2,1H3. The number of ether oxygens (including phenoxy) is 1. The van der Waals surface area contributed by atoms with Crippen LogP contribution in [0.3, 0.4) is 0 Å². The van der Waals surface area contributed by atoms with E-state index in [0.29, 0.717) is 31.9 Å². The van der Waals surface area contributed by atoms with Crippen LogP contribution in [0.5, 0.6) is 5.75 Å². The molecule has 2 aliphatic heterocycles. The van der Waals surface area contributed by atoms with Crippen LogP contribution in [-0.2, 0) is 14.6 Å². The molecular formula is C18H26N2O4S. The van der Waals surface area contributed by atoms with Crippen molar-refractivity contribution in [1.82, 2.24) is 9.80 Å².